The van der Waals surface area contributed by atoms with E-state index >= 15 is 0 Å². The van der Waals surface area contributed by atoms with Crippen LogP contribution in [0.15, 0.2) is 24.3 Å². The van der Waals surface area contributed by atoms with Crippen LogP contribution in [0.2, 0.25) is 0 Å². The molecule has 0 aliphatic carbocycles. The van der Waals surface area contributed by atoms with Gasteiger partial charge in [-0.05, 0) is 37.1 Å². The van der Waals surface area contributed by atoms with Gasteiger partial charge in [-0.15, -0.1) is 0 Å². The van der Waals surface area contributed by atoms with Crippen LogP contribution in [0.3, 0.4) is 0 Å². The van der Waals surface area contributed by atoms with Gasteiger partial charge in [-0.2, -0.15) is 0 Å². The molecule has 0 saturated carbocycles. The van der Waals surface area contributed by atoms with E-state index in [-0.39, 0.29) is 0 Å². The van der Waals surface area contributed by atoms with Crippen LogP contribution < -0.4 is 16.2 Å². The van der Waals surface area contributed by atoms with Gasteiger partial charge in [0.1, 0.15) is 5.75 Å². The SMILES string of the molecule is NCCCCCCCOc1cccc(CN)c1. The summed E-state index contributed by atoms with van der Waals surface area (Å²) in [6.45, 7) is 2.16. The van der Waals surface area contributed by atoms with Crippen molar-refractivity contribution in [1.29, 1.82) is 0 Å². The highest BCUT2D eigenvalue weighted by molar-refractivity contribution is 5.28. The number of ether oxygens (including phenoxy) is 1. The van der Waals surface area contributed by atoms with Gasteiger partial charge in [0.2, 0.25) is 0 Å². The van der Waals surface area contributed by atoms with Crippen molar-refractivity contribution in [3.05, 3.63) is 29.8 Å². The Bertz CT molecular complexity index is 302. The first-order valence-corrected chi connectivity index (χ1v) is 6.48. The van der Waals surface area contributed by atoms with Crippen molar-refractivity contribution in [3.63, 3.8) is 0 Å². The zero-order chi connectivity index (χ0) is 12.3. The van der Waals surface area contributed by atoms with Crippen LogP contribution in [0.1, 0.15) is 37.7 Å². The van der Waals surface area contributed by atoms with E-state index in [4.69, 9.17) is 16.2 Å². The molecule has 0 aliphatic heterocycles. The van der Waals surface area contributed by atoms with Crippen LogP contribution in [0.4, 0.5) is 0 Å². The Kier molecular flexibility index (Phi) is 7.43. The molecule has 96 valence electrons. The average Bonchev–Trinajstić information content (AvgIpc) is 2.38. The summed E-state index contributed by atoms with van der Waals surface area (Å²) in [6.07, 6.45) is 5.95. The van der Waals surface area contributed by atoms with E-state index in [2.05, 4.69) is 0 Å². The third-order valence-corrected chi connectivity index (χ3v) is 2.75. The van der Waals surface area contributed by atoms with Crippen molar-refractivity contribution in [2.45, 2.75) is 38.6 Å². The first-order chi connectivity index (χ1) is 8.36. The number of hydrogen-bond donors (Lipinski definition) is 2. The molecule has 0 aromatic heterocycles. The molecular formula is C14H24N2O. The van der Waals surface area contributed by atoms with Crippen molar-refractivity contribution in [2.24, 2.45) is 11.5 Å². The second-order valence-electron chi connectivity index (χ2n) is 4.26. The summed E-state index contributed by atoms with van der Waals surface area (Å²) >= 11 is 0. The Morgan fingerprint density at radius 2 is 1.71 bits per heavy atom. The molecule has 0 bridgehead atoms. The lowest BCUT2D eigenvalue weighted by molar-refractivity contribution is 0.304. The van der Waals surface area contributed by atoms with Crippen LogP contribution in [-0.4, -0.2) is 13.2 Å². The fourth-order valence-electron chi connectivity index (χ4n) is 1.73. The van der Waals surface area contributed by atoms with Gasteiger partial charge in [0.05, 0.1) is 6.61 Å². The van der Waals surface area contributed by atoms with Crippen LogP contribution in [0, 0.1) is 0 Å². The normalized spacial score (nSPS) is 10.5. The summed E-state index contributed by atoms with van der Waals surface area (Å²) in [5.74, 6) is 0.926. The molecule has 0 radical (unpaired) electrons. The highest BCUT2D eigenvalue weighted by Crippen LogP contribution is 2.13. The molecule has 0 aliphatic rings. The minimum absolute atomic E-state index is 0.566. The van der Waals surface area contributed by atoms with E-state index < -0.39 is 0 Å². The van der Waals surface area contributed by atoms with Crippen LogP contribution >= 0.6 is 0 Å². The summed E-state index contributed by atoms with van der Waals surface area (Å²) < 4.78 is 5.67. The second kappa shape index (κ2) is 9.02. The maximum atomic E-state index is 5.67. The molecule has 0 amide bonds. The standard InChI is InChI=1S/C14H24N2O/c15-9-4-2-1-3-5-10-17-14-8-6-7-13(11-14)12-16/h6-8,11H,1-5,9-10,12,15-16H2. The van der Waals surface area contributed by atoms with Crippen LogP contribution in [-0.2, 0) is 6.54 Å². The van der Waals surface area contributed by atoms with Crippen molar-refractivity contribution < 1.29 is 4.74 Å². The first kappa shape index (κ1) is 14.0. The maximum absolute atomic E-state index is 5.67. The predicted octanol–water partition coefficient (Wildman–Crippen LogP) is 2.43. The Morgan fingerprint density at radius 3 is 2.47 bits per heavy atom. The number of unbranched alkanes of at least 4 members (excludes halogenated alkanes) is 4. The Labute approximate surface area is 104 Å². The fourth-order valence-corrected chi connectivity index (χ4v) is 1.73. The minimum atomic E-state index is 0.566. The van der Waals surface area contributed by atoms with Gasteiger partial charge in [0.15, 0.2) is 0 Å². The molecule has 0 saturated heterocycles. The molecule has 0 atom stereocenters. The Hall–Kier alpha value is -1.06. The monoisotopic (exact) mass is 236 g/mol. The van der Waals surface area contributed by atoms with Crippen molar-refractivity contribution in [2.75, 3.05) is 13.2 Å². The third kappa shape index (κ3) is 6.29. The lowest BCUT2D eigenvalue weighted by Gasteiger charge is -2.07. The average molecular weight is 236 g/mol. The van der Waals surface area contributed by atoms with Crippen LogP contribution in [0.5, 0.6) is 5.75 Å². The smallest absolute Gasteiger partial charge is 0.119 e. The maximum Gasteiger partial charge on any atom is 0.119 e. The highest BCUT2D eigenvalue weighted by Gasteiger charge is 1.96. The van der Waals surface area contributed by atoms with Crippen LogP contribution in [0.25, 0.3) is 0 Å². The molecule has 1 aromatic carbocycles. The molecule has 17 heavy (non-hydrogen) atoms. The number of nitrogens with two attached hydrogens (primary N) is 2. The molecule has 0 fully saturated rings. The molecule has 1 rings (SSSR count). The van der Waals surface area contributed by atoms with Gasteiger partial charge in [-0.1, -0.05) is 31.4 Å². The summed E-state index contributed by atoms with van der Waals surface area (Å²) in [7, 11) is 0. The van der Waals surface area contributed by atoms with E-state index in [0.29, 0.717) is 6.54 Å². The van der Waals surface area contributed by atoms with E-state index in [0.717, 1.165) is 37.3 Å². The molecule has 0 spiro atoms. The largest absolute Gasteiger partial charge is 0.494 e. The van der Waals surface area contributed by atoms with E-state index in [1.165, 1.54) is 19.3 Å². The Morgan fingerprint density at radius 1 is 0.941 bits per heavy atom. The highest BCUT2D eigenvalue weighted by atomic mass is 16.5. The van der Waals surface area contributed by atoms with Gasteiger partial charge in [-0.3, -0.25) is 0 Å². The Balaban J connectivity index is 2.09. The first-order valence-electron chi connectivity index (χ1n) is 6.48. The zero-order valence-electron chi connectivity index (χ0n) is 10.5. The van der Waals surface area contributed by atoms with Crippen molar-refractivity contribution in [1.82, 2.24) is 0 Å². The fraction of sp³-hybridized carbons (Fsp3) is 0.571. The van der Waals surface area contributed by atoms with Crippen molar-refractivity contribution >= 4 is 0 Å². The van der Waals surface area contributed by atoms with Gasteiger partial charge >= 0.3 is 0 Å². The molecule has 1 aromatic rings. The van der Waals surface area contributed by atoms with E-state index in [1.807, 2.05) is 24.3 Å². The number of hydrogen-bond acceptors (Lipinski definition) is 3. The van der Waals surface area contributed by atoms with Crippen molar-refractivity contribution in [3.8, 4) is 5.75 Å². The number of rotatable bonds is 9. The van der Waals surface area contributed by atoms with Gasteiger partial charge in [-0.25, -0.2) is 0 Å². The molecule has 0 heterocycles. The quantitative estimate of drug-likeness (QED) is 0.647. The van der Waals surface area contributed by atoms with Gasteiger partial charge < -0.3 is 16.2 Å². The van der Waals surface area contributed by atoms with Gasteiger partial charge in [0.25, 0.3) is 0 Å². The summed E-state index contributed by atoms with van der Waals surface area (Å²) in [4.78, 5) is 0. The molecular weight excluding hydrogens is 212 g/mol. The molecule has 3 heteroatoms. The third-order valence-electron chi connectivity index (χ3n) is 2.75. The summed E-state index contributed by atoms with van der Waals surface area (Å²) in [5, 5.41) is 0. The topological polar surface area (TPSA) is 61.3 Å². The van der Waals surface area contributed by atoms with E-state index in [9.17, 15) is 0 Å². The number of benzene rings is 1. The lowest BCUT2D eigenvalue weighted by Crippen LogP contribution is -2.00. The summed E-state index contributed by atoms with van der Waals surface area (Å²) in [5.41, 5.74) is 12.1. The lowest BCUT2D eigenvalue weighted by atomic mass is 10.1. The van der Waals surface area contributed by atoms with E-state index in [1.54, 1.807) is 0 Å². The predicted molar refractivity (Wildman–Crippen MR) is 72.0 cm³/mol. The zero-order valence-corrected chi connectivity index (χ0v) is 10.5. The molecule has 4 N–H and O–H groups in total. The molecule has 3 nitrogen and oxygen atoms in total. The summed E-state index contributed by atoms with van der Waals surface area (Å²) in [6, 6.07) is 7.99. The minimum Gasteiger partial charge on any atom is -0.494 e. The van der Waals surface area contributed by atoms with Gasteiger partial charge in [0, 0.05) is 6.54 Å². The second-order valence-corrected chi connectivity index (χ2v) is 4.26. The molecule has 0 unspecified atom stereocenters.